The largest absolute Gasteiger partial charge is 0.313 e. The highest BCUT2D eigenvalue weighted by molar-refractivity contribution is 4.65. The molecule has 1 heterocycles. The molecule has 14 heavy (non-hydrogen) atoms. The van der Waals surface area contributed by atoms with Crippen LogP contribution in [0.25, 0.3) is 0 Å². The molecule has 1 rings (SSSR count). The van der Waals surface area contributed by atoms with Crippen LogP contribution in [0.3, 0.4) is 0 Å². The van der Waals surface area contributed by atoms with Crippen LogP contribution in [0.1, 0.15) is 47.0 Å². The van der Waals surface area contributed by atoms with Crippen molar-refractivity contribution in [3.63, 3.8) is 0 Å². The van der Waals surface area contributed by atoms with E-state index in [1.54, 1.807) is 0 Å². The summed E-state index contributed by atoms with van der Waals surface area (Å²) in [4.78, 5) is 2.57. The lowest BCUT2D eigenvalue weighted by Gasteiger charge is -2.26. The van der Waals surface area contributed by atoms with Crippen molar-refractivity contribution >= 4 is 0 Å². The summed E-state index contributed by atoms with van der Waals surface area (Å²) in [5, 5.41) is 3.45. The zero-order valence-electron chi connectivity index (χ0n) is 10.5. The summed E-state index contributed by atoms with van der Waals surface area (Å²) in [7, 11) is 0. The van der Waals surface area contributed by atoms with Gasteiger partial charge in [-0.1, -0.05) is 34.1 Å². The van der Waals surface area contributed by atoms with Crippen molar-refractivity contribution in [1.29, 1.82) is 0 Å². The van der Waals surface area contributed by atoms with Gasteiger partial charge in [0, 0.05) is 19.1 Å². The van der Waals surface area contributed by atoms with Crippen LogP contribution >= 0.6 is 0 Å². The second kappa shape index (κ2) is 9.47. The smallest absolute Gasteiger partial charge is 0.0107 e. The van der Waals surface area contributed by atoms with Gasteiger partial charge in [-0.05, 0) is 25.9 Å². The molecule has 1 aliphatic rings. The van der Waals surface area contributed by atoms with E-state index in [0.717, 1.165) is 6.54 Å². The molecule has 1 aliphatic heterocycles. The maximum Gasteiger partial charge on any atom is 0.0107 e. The van der Waals surface area contributed by atoms with Crippen molar-refractivity contribution in [2.24, 2.45) is 0 Å². The lowest BCUT2D eigenvalue weighted by molar-refractivity contribution is 0.227. The molecule has 86 valence electrons. The highest BCUT2D eigenvalue weighted by atomic mass is 15.1. The average molecular weight is 200 g/mol. The summed E-state index contributed by atoms with van der Waals surface area (Å²) in [6.07, 6.45) is 4.25. The van der Waals surface area contributed by atoms with Crippen LogP contribution in [0.15, 0.2) is 0 Å². The van der Waals surface area contributed by atoms with Gasteiger partial charge in [0.1, 0.15) is 0 Å². The van der Waals surface area contributed by atoms with Crippen LogP contribution in [0.2, 0.25) is 0 Å². The molecule has 2 nitrogen and oxygen atoms in total. The fourth-order valence-electron chi connectivity index (χ4n) is 1.69. The lowest BCUT2D eigenvalue weighted by Crippen LogP contribution is -2.37. The molecule has 2 heteroatoms. The van der Waals surface area contributed by atoms with Gasteiger partial charge in [0.2, 0.25) is 0 Å². The van der Waals surface area contributed by atoms with Gasteiger partial charge in [-0.2, -0.15) is 0 Å². The first-order valence-electron chi connectivity index (χ1n) is 6.25. The Balaban J connectivity index is 0.000000791. The number of likely N-dealkylation sites (tertiary alicyclic amines) is 1. The fourth-order valence-corrected chi connectivity index (χ4v) is 1.69. The quantitative estimate of drug-likeness (QED) is 0.750. The van der Waals surface area contributed by atoms with Gasteiger partial charge in [0.25, 0.3) is 0 Å². The van der Waals surface area contributed by atoms with Crippen LogP contribution in [0, 0.1) is 0 Å². The van der Waals surface area contributed by atoms with Gasteiger partial charge >= 0.3 is 0 Å². The number of hydrogen-bond donors (Lipinski definition) is 1. The van der Waals surface area contributed by atoms with Crippen molar-refractivity contribution in [1.82, 2.24) is 10.2 Å². The predicted molar refractivity (Wildman–Crippen MR) is 64.8 cm³/mol. The molecular formula is C12H28N2. The Kier molecular flexibility index (Phi) is 9.42. The van der Waals surface area contributed by atoms with Crippen LogP contribution in [0.5, 0.6) is 0 Å². The van der Waals surface area contributed by atoms with E-state index in [2.05, 4.69) is 24.1 Å². The summed E-state index contributed by atoms with van der Waals surface area (Å²) < 4.78 is 0. The van der Waals surface area contributed by atoms with Crippen LogP contribution < -0.4 is 5.32 Å². The fraction of sp³-hybridized carbons (Fsp3) is 1.00. The standard InChI is InChI=1S/C10H22N2.C2H6/c1-10(2)11-6-9-12-7-4-3-5-8-12;1-2/h10-11H,3-9H2,1-2H3;1-2H3. The number of nitrogens with zero attached hydrogens (tertiary/aromatic N) is 1. The maximum absolute atomic E-state index is 3.45. The van der Waals surface area contributed by atoms with Crippen LogP contribution in [0.4, 0.5) is 0 Å². The average Bonchev–Trinajstić information content (AvgIpc) is 2.22. The molecule has 0 amide bonds. The minimum atomic E-state index is 0.634. The maximum atomic E-state index is 3.45. The number of nitrogens with one attached hydrogen (secondary N) is 1. The first-order chi connectivity index (χ1) is 6.79. The first-order valence-corrected chi connectivity index (χ1v) is 6.25. The highest BCUT2D eigenvalue weighted by Gasteiger charge is 2.08. The van der Waals surface area contributed by atoms with E-state index in [0.29, 0.717) is 6.04 Å². The molecule has 0 saturated carbocycles. The molecule has 1 saturated heterocycles. The molecule has 0 radical (unpaired) electrons. The van der Waals surface area contributed by atoms with E-state index in [1.165, 1.54) is 38.9 Å². The van der Waals surface area contributed by atoms with Crippen molar-refractivity contribution in [2.75, 3.05) is 26.2 Å². The van der Waals surface area contributed by atoms with Crippen LogP contribution in [-0.4, -0.2) is 37.1 Å². The molecule has 0 aromatic heterocycles. The van der Waals surface area contributed by atoms with E-state index >= 15 is 0 Å². The molecule has 0 bridgehead atoms. The molecular weight excluding hydrogens is 172 g/mol. The molecule has 0 aromatic carbocycles. The van der Waals surface area contributed by atoms with Gasteiger partial charge in [0.15, 0.2) is 0 Å². The molecule has 1 fully saturated rings. The van der Waals surface area contributed by atoms with Gasteiger partial charge in [0.05, 0.1) is 0 Å². The topological polar surface area (TPSA) is 15.3 Å². The van der Waals surface area contributed by atoms with Gasteiger partial charge in [-0.25, -0.2) is 0 Å². The van der Waals surface area contributed by atoms with E-state index in [9.17, 15) is 0 Å². The third kappa shape index (κ3) is 7.34. The Hall–Kier alpha value is -0.0800. The zero-order chi connectivity index (χ0) is 10.8. The summed E-state index contributed by atoms with van der Waals surface area (Å²) in [6, 6.07) is 0.634. The van der Waals surface area contributed by atoms with Crippen molar-refractivity contribution < 1.29 is 0 Å². The Morgan fingerprint density at radius 2 is 1.64 bits per heavy atom. The number of hydrogen-bond acceptors (Lipinski definition) is 2. The molecule has 1 N–H and O–H groups in total. The van der Waals surface area contributed by atoms with Gasteiger partial charge < -0.3 is 10.2 Å². The minimum Gasteiger partial charge on any atom is -0.313 e. The second-order valence-corrected chi connectivity index (χ2v) is 4.01. The molecule has 0 unspecified atom stereocenters. The Morgan fingerprint density at radius 1 is 1.07 bits per heavy atom. The van der Waals surface area contributed by atoms with E-state index in [4.69, 9.17) is 0 Å². The van der Waals surface area contributed by atoms with E-state index < -0.39 is 0 Å². The summed E-state index contributed by atoms with van der Waals surface area (Å²) in [5.41, 5.74) is 0. The SMILES string of the molecule is CC.CC(C)NCCN1CCCCC1. The van der Waals surface area contributed by atoms with Crippen molar-refractivity contribution in [3.05, 3.63) is 0 Å². The minimum absolute atomic E-state index is 0.634. The Bertz CT molecular complexity index is 107. The van der Waals surface area contributed by atoms with Crippen molar-refractivity contribution in [3.8, 4) is 0 Å². The highest BCUT2D eigenvalue weighted by Crippen LogP contribution is 2.07. The third-order valence-electron chi connectivity index (χ3n) is 2.43. The first kappa shape index (κ1) is 13.9. The third-order valence-corrected chi connectivity index (χ3v) is 2.43. The van der Waals surface area contributed by atoms with Gasteiger partial charge in [-0.3, -0.25) is 0 Å². The lowest BCUT2D eigenvalue weighted by atomic mass is 10.1. The summed E-state index contributed by atoms with van der Waals surface area (Å²) in [6.45, 7) is 13.4. The van der Waals surface area contributed by atoms with Crippen molar-refractivity contribution in [2.45, 2.75) is 53.0 Å². The molecule has 0 aliphatic carbocycles. The zero-order valence-corrected chi connectivity index (χ0v) is 10.5. The second-order valence-electron chi connectivity index (χ2n) is 4.01. The molecule has 0 aromatic rings. The Morgan fingerprint density at radius 3 is 2.14 bits per heavy atom. The predicted octanol–water partition coefficient (Wildman–Crippen LogP) is 2.50. The molecule has 0 atom stereocenters. The molecule has 0 spiro atoms. The summed E-state index contributed by atoms with van der Waals surface area (Å²) in [5.74, 6) is 0. The normalized spacial score (nSPS) is 17.8. The monoisotopic (exact) mass is 200 g/mol. The van der Waals surface area contributed by atoms with Crippen LogP contribution in [-0.2, 0) is 0 Å². The van der Waals surface area contributed by atoms with E-state index in [1.807, 2.05) is 13.8 Å². The Labute approximate surface area is 90.1 Å². The van der Waals surface area contributed by atoms with E-state index in [-0.39, 0.29) is 0 Å². The number of rotatable bonds is 4. The van der Waals surface area contributed by atoms with Gasteiger partial charge in [-0.15, -0.1) is 0 Å². The summed E-state index contributed by atoms with van der Waals surface area (Å²) >= 11 is 0. The number of piperidine rings is 1.